The van der Waals surface area contributed by atoms with Crippen molar-refractivity contribution in [2.45, 2.75) is 25.5 Å². The van der Waals surface area contributed by atoms with E-state index < -0.39 is 18.1 Å². The summed E-state index contributed by atoms with van der Waals surface area (Å²) in [6.07, 6.45) is -0.356. The molecule has 114 valence electrons. The number of carboxylic acid groups (broad SMARTS) is 1. The minimum atomic E-state index is -1.09. The molecule has 0 spiro atoms. The van der Waals surface area contributed by atoms with Crippen molar-refractivity contribution in [2.75, 3.05) is 13.2 Å². The van der Waals surface area contributed by atoms with Crippen LogP contribution in [0.3, 0.4) is 0 Å². The lowest BCUT2D eigenvalue weighted by Crippen LogP contribution is -2.52. The van der Waals surface area contributed by atoms with E-state index in [4.69, 9.17) is 16.3 Å². The lowest BCUT2D eigenvalue weighted by Gasteiger charge is -2.39. The molecule has 1 fully saturated rings. The molecule has 2 unspecified atom stereocenters. The minimum absolute atomic E-state index is 0.210. The van der Waals surface area contributed by atoms with E-state index in [0.717, 1.165) is 6.42 Å². The Labute approximate surface area is 136 Å². The molecule has 7 heteroatoms. The van der Waals surface area contributed by atoms with E-state index in [-0.39, 0.29) is 12.5 Å². The average molecular weight is 377 g/mol. The standard InChI is InChI=1S/C14H15BrClNO4/c1-2-5-17-11(18)7-21-13(14(19)20)12(17)8-3-4-9(15)10(16)6-8/h3-4,6,12-13H,2,5,7H2,1H3,(H,19,20). The molecule has 1 aromatic rings. The van der Waals surface area contributed by atoms with Crippen LogP contribution in [0.5, 0.6) is 0 Å². The number of ether oxygens (including phenoxy) is 1. The average Bonchev–Trinajstić information content (AvgIpc) is 2.44. The van der Waals surface area contributed by atoms with Crippen LogP contribution in [0.1, 0.15) is 24.9 Å². The zero-order chi connectivity index (χ0) is 15.6. The highest BCUT2D eigenvalue weighted by Gasteiger charge is 2.41. The van der Waals surface area contributed by atoms with Crippen LogP contribution in [0.25, 0.3) is 0 Å². The molecular weight excluding hydrogens is 362 g/mol. The van der Waals surface area contributed by atoms with Crippen LogP contribution >= 0.6 is 27.5 Å². The minimum Gasteiger partial charge on any atom is -0.479 e. The summed E-state index contributed by atoms with van der Waals surface area (Å²) in [6.45, 7) is 2.20. The molecule has 1 saturated heterocycles. The van der Waals surface area contributed by atoms with Crippen molar-refractivity contribution in [1.29, 1.82) is 0 Å². The van der Waals surface area contributed by atoms with Gasteiger partial charge in [-0.05, 0) is 40.0 Å². The van der Waals surface area contributed by atoms with E-state index in [2.05, 4.69) is 15.9 Å². The van der Waals surface area contributed by atoms with Gasteiger partial charge in [-0.25, -0.2) is 4.79 Å². The summed E-state index contributed by atoms with van der Waals surface area (Å²) in [5.74, 6) is -1.30. The van der Waals surface area contributed by atoms with Gasteiger partial charge in [0.2, 0.25) is 5.91 Å². The Kier molecular flexibility index (Phi) is 5.24. The highest BCUT2D eigenvalue weighted by molar-refractivity contribution is 9.10. The zero-order valence-corrected chi connectivity index (χ0v) is 13.7. The first-order chi connectivity index (χ1) is 9.95. The monoisotopic (exact) mass is 375 g/mol. The van der Waals surface area contributed by atoms with Gasteiger partial charge in [-0.1, -0.05) is 24.6 Å². The van der Waals surface area contributed by atoms with E-state index in [1.807, 2.05) is 6.92 Å². The molecule has 1 aromatic carbocycles. The van der Waals surface area contributed by atoms with Gasteiger partial charge in [0.25, 0.3) is 0 Å². The predicted octanol–water partition coefficient (Wildman–Crippen LogP) is 2.87. The van der Waals surface area contributed by atoms with Crippen LogP contribution in [0.2, 0.25) is 5.02 Å². The molecule has 1 N–H and O–H groups in total. The topological polar surface area (TPSA) is 66.8 Å². The molecule has 2 rings (SSSR count). The number of benzene rings is 1. The van der Waals surface area contributed by atoms with Crippen molar-refractivity contribution in [3.8, 4) is 0 Å². The number of hydrogen-bond acceptors (Lipinski definition) is 3. The Balaban J connectivity index is 2.45. The molecule has 0 bridgehead atoms. The third-order valence-electron chi connectivity index (χ3n) is 3.32. The molecule has 21 heavy (non-hydrogen) atoms. The lowest BCUT2D eigenvalue weighted by molar-refractivity contribution is -0.173. The Bertz CT molecular complexity index is 566. The molecule has 1 amide bonds. The molecule has 0 aromatic heterocycles. The number of carboxylic acids is 1. The van der Waals surface area contributed by atoms with Gasteiger partial charge >= 0.3 is 5.97 Å². The predicted molar refractivity (Wildman–Crippen MR) is 81.3 cm³/mol. The summed E-state index contributed by atoms with van der Waals surface area (Å²) < 4.78 is 5.93. The summed E-state index contributed by atoms with van der Waals surface area (Å²) in [7, 11) is 0. The Morgan fingerprint density at radius 3 is 2.86 bits per heavy atom. The highest BCUT2D eigenvalue weighted by Crippen LogP contribution is 2.34. The smallest absolute Gasteiger partial charge is 0.335 e. The molecule has 1 aliphatic heterocycles. The number of morpholine rings is 1. The first-order valence-corrected chi connectivity index (χ1v) is 7.71. The first kappa shape index (κ1) is 16.3. The Morgan fingerprint density at radius 2 is 2.29 bits per heavy atom. The van der Waals surface area contributed by atoms with Crippen LogP contribution in [0, 0.1) is 0 Å². The second kappa shape index (κ2) is 6.77. The fraction of sp³-hybridized carbons (Fsp3) is 0.429. The number of carbonyl (C=O) groups is 2. The van der Waals surface area contributed by atoms with Crippen molar-refractivity contribution < 1.29 is 19.4 Å². The number of carbonyl (C=O) groups excluding carboxylic acids is 1. The number of halogens is 2. The highest BCUT2D eigenvalue weighted by atomic mass is 79.9. The number of nitrogens with zero attached hydrogens (tertiary/aromatic N) is 1. The van der Waals surface area contributed by atoms with Gasteiger partial charge < -0.3 is 14.7 Å². The lowest BCUT2D eigenvalue weighted by atomic mass is 9.97. The summed E-state index contributed by atoms with van der Waals surface area (Å²) in [6, 6.07) is 4.48. The van der Waals surface area contributed by atoms with Crippen molar-refractivity contribution in [1.82, 2.24) is 4.90 Å². The second-order valence-corrected chi connectivity index (χ2v) is 6.04. The van der Waals surface area contributed by atoms with Crippen LogP contribution in [0.4, 0.5) is 0 Å². The molecule has 5 nitrogen and oxygen atoms in total. The molecule has 2 atom stereocenters. The molecule has 1 aliphatic rings. The fourth-order valence-electron chi connectivity index (χ4n) is 2.42. The van der Waals surface area contributed by atoms with Crippen molar-refractivity contribution >= 4 is 39.4 Å². The van der Waals surface area contributed by atoms with Crippen LogP contribution in [0.15, 0.2) is 22.7 Å². The summed E-state index contributed by atoms with van der Waals surface area (Å²) in [4.78, 5) is 25.1. The molecular formula is C14H15BrClNO4. The SMILES string of the molecule is CCCN1C(=O)COC(C(=O)O)C1c1ccc(Br)c(Cl)c1. The Morgan fingerprint density at radius 1 is 1.57 bits per heavy atom. The van der Waals surface area contributed by atoms with E-state index in [1.54, 1.807) is 23.1 Å². The third kappa shape index (κ3) is 3.39. The fourth-order valence-corrected chi connectivity index (χ4v) is 2.85. The van der Waals surface area contributed by atoms with Gasteiger partial charge in [-0.3, -0.25) is 4.79 Å². The maximum absolute atomic E-state index is 12.1. The first-order valence-electron chi connectivity index (χ1n) is 6.54. The third-order valence-corrected chi connectivity index (χ3v) is 4.55. The van der Waals surface area contributed by atoms with Gasteiger partial charge in [0, 0.05) is 11.0 Å². The van der Waals surface area contributed by atoms with Gasteiger partial charge in [0.05, 0.1) is 11.1 Å². The number of amides is 1. The van der Waals surface area contributed by atoms with Crippen molar-refractivity contribution in [2.24, 2.45) is 0 Å². The maximum atomic E-state index is 12.1. The van der Waals surface area contributed by atoms with Crippen LogP contribution < -0.4 is 0 Å². The van der Waals surface area contributed by atoms with Gasteiger partial charge in [0.15, 0.2) is 6.10 Å². The van der Waals surface area contributed by atoms with Crippen molar-refractivity contribution in [3.63, 3.8) is 0 Å². The summed E-state index contributed by atoms with van der Waals surface area (Å²) in [5.41, 5.74) is 0.650. The molecule has 0 radical (unpaired) electrons. The Hall–Kier alpha value is -1.11. The quantitative estimate of drug-likeness (QED) is 0.877. The van der Waals surface area contributed by atoms with Gasteiger partial charge in [0.1, 0.15) is 6.61 Å². The largest absolute Gasteiger partial charge is 0.479 e. The molecule has 1 heterocycles. The van der Waals surface area contributed by atoms with Gasteiger partial charge in [-0.15, -0.1) is 0 Å². The van der Waals surface area contributed by atoms with Gasteiger partial charge in [-0.2, -0.15) is 0 Å². The van der Waals surface area contributed by atoms with E-state index in [1.165, 1.54) is 0 Å². The maximum Gasteiger partial charge on any atom is 0.335 e. The normalized spacial score (nSPS) is 22.4. The summed E-state index contributed by atoms with van der Waals surface area (Å²) >= 11 is 9.38. The van der Waals surface area contributed by atoms with E-state index in [9.17, 15) is 14.7 Å². The van der Waals surface area contributed by atoms with Crippen LogP contribution in [-0.2, 0) is 14.3 Å². The number of hydrogen-bond donors (Lipinski definition) is 1. The zero-order valence-electron chi connectivity index (χ0n) is 11.4. The van der Waals surface area contributed by atoms with E-state index >= 15 is 0 Å². The van der Waals surface area contributed by atoms with Crippen molar-refractivity contribution in [3.05, 3.63) is 33.3 Å². The number of aliphatic carboxylic acids is 1. The van der Waals surface area contributed by atoms with Crippen LogP contribution in [-0.4, -0.2) is 41.1 Å². The molecule has 0 saturated carbocycles. The molecule has 0 aliphatic carbocycles. The summed E-state index contributed by atoms with van der Waals surface area (Å²) in [5, 5.41) is 9.82. The number of rotatable bonds is 4. The second-order valence-electron chi connectivity index (χ2n) is 4.78. The van der Waals surface area contributed by atoms with E-state index in [0.29, 0.717) is 21.6 Å².